The molecule has 24 heavy (non-hydrogen) atoms. The van der Waals surface area contributed by atoms with E-state index < -0.39 is 11.3 Å². The van der Waals surface area contributed by atoms with E-state index in [0.29, 0.717) is 6.54 Å². The van der Waals surface area contributed by atoms with Gasteiger partial charge in [0.1, 0.15) is 0 Å². The molecule has 0 aromatic heterocycles. The number of carbonyl (C=O) groups excluding carboxylic acids is 2. The number of carbonyl (C=O) groups is 2. The molecule has 0 spiro atoms. The second kappa shape index (κ2) is 4.99. The van der Waals surface area contributed by atoms with Gasteiger partial charge in [-0.25, -0.2) is 9.59 Å². The first-order valence-electron chi connectivity index (χ1n) is 7.95. The summed E-state index contributed by atoms with van der Waals surface area (Å²) in [6.07, 6.45) is 0. The molecule has 6 heteroatoms. The molecule has 2 fully saturated rings. The van der Waals surface area contributed by atoms with E-state index in [2.05, 4.69) is 16.0 Å². The fraction of sp³-hybridized carbons (Fsp3) is 0.222. The second-order valence-corrected chi connectivity index (χ2v) is 5.95. The lowest BCUT2D eigenvalue weighted by Gasteiger charge is -2.42. The van der Waals surface area contributed by atoms with Gasteiger partial charge >= 0.3 is 12.1 Å². The van der Waals surface area contributed by atoms with Crippen molar-refractivity contribution < 1.29 is 9.59 Å². The van der Waals surface area contributed by atoms with Crippen LogP contribution in [0.5, 0.6) is 0 Å². The van der Waals surface area contributed by atoms with Crippen LogP contribution in [0.15, 0.2) is 60.7 Å². The van der Waals surface area contributed by atoms with Gasteiger partial charge < -0.3 is 16.0 Å². The number of rotatable bonds is 3. The molecule has 2 aliphatic heterocycles. The number of urea groups is 2. The van der Waals surface area contributed by atoms with E-state index in [-0.39, 0.29) is 12.1 Å². The molecule has 2 aromatic rings. The summed E-state index contributed by atoms with van der Waals surface area (Å²) < 4.78 is 0. The second-order valence-electron chi connectivity index (χ2n) is 5.95. The quantitative estimate of drug-likeness (QED) is 0.809. The topological polar surface area (TPSA) is 73.5 Å². The predicted molar refractivity (Wildman–Crippen MR) is 88.8 cm³/mol. The normalized spacial score (nSPS) is 28.1. The Morgan fingerprint density at radius 1 is 0.833 bits per heavy atom. The van der Waals surface area contributed by atoms with Gasteiger partial charge in [-0.1, -0.05) is 60.7 Å². The summed E-state index contributed by atoms with van der Waals surface area (Å²) >= 11 is 0. The van der Waals surface area contributed by atoms with Gasteiger partial charge in [0.25, 0.3) is 0 Å². The number of likely N-dealkylation sites (N-methyl/N-ethyl adjacent to an activating group) is 1. The van der Waals surface area contributed by atoms with Crippen LogP contribution in [0.4, 0.5) is 9.59 Å². The fourth-order valence-corrected chi connectivity index (χ4v) is 3.87. The third kappa shape index (κ3) is 1.65. The van der Waals surface area contributed by atoms with E-state index in [0.717, 1.165) is 11.1 Å². The van der Waals surface area contributed by atoms with Crippen LogP contribution in [0.25, 0.3) is 0 Å². The zero-order valence-electron chi connectivity index (χ0n) is 13.2. The van der Waals surface area contributed by atoms with Crippen molar-refractivity contribution in [2.75, 3.05) is 6.54 Å². The Hall–Kier alpha value is -3.02. The highest BCUT2D eigenvalue weighted by Crippen LogP contribution is 2.48. The number of amides is 4. The van der Waals surface area contributed by atoms with E-state index in [9.17, 15) is 9.59 Å². The number of nitrogens with one attached hydrogen (secondary N) is 3. The smallest absolute Gasteiger partial charge is 0.307 e. The van der Waals surface area contributed by atoms with Crippen LogP contribution in [-0.2, 0) is 11.3 Å². The first-order valence-corrected chi connectivity index (χ1v) is 7.95. The summed E-state index contributed by atoms with van der Waals surface area (Å²) in [6.45, 7) is 2.35. The number of hydrogen-bond acceptors (Lipinski definition) is 2. The Bertz CT molecular complexity index is 795. The lowest BCUT2D eigenvalue weighted by molar-refractivity contribution is 0.0867. The van der Waals surface area contributed by atoms with Crippen molar-refractivity contribution in [1.82, 2.24) is 20.9 Å². The Balaban J connectivity index is 2.03. The van der Waals surface area contributed by atoms with Gasteiger partial charge in [0.05, 0.1) is 0 Å². The van der Waals surface area contributed by atoms with Crippen molar-refractivity contribution in [3.63, 3.8) is 0 Å². The summed E-state index contributed by atoms with van der Waals surface area (Å²) in [5.41, 5.74) is -0.442. The Labute approximate surface area is 139 Å². The number of nitrogens with zero attached hydrogens (tertiary/aromatic N) is 1. The summed E-state index contributed by atoms with van der Waals surface area (Å²) in [4.78, 5) is 26.7. The number of fused-ring (bicyclic) bond motifs is 1. The average molecular weight is 322 g/mol. The fourth-order valence-electron chi connectivity index (χ4n) is 3.87. The van der Waals surface area contributed by atoms with Gasteiger partial charge in [-0.2, -0.15) is 0 Å². The number of benzene rings is 2. The van der Waals surface area contributed by atoms with Crippen molar-refractivity contribution in [1.29, 1.82) is 0 Å². The molecule has 2 unspecified atom stereocenters. The molecule has 0 radical (unpaired) electrons. The van der Waals surface area contributed by atoms with Crippen LogP contribution in [0, 0.1) is 0 Å². The Kier molecular flexibility index (Phi) is 3.03. The maximum atomic E-state index is 12.7. The van der Waals surface area contributed by atoms with E-state index in [4.69, 9.17) is 0 Å². The first kappa shape index (κ1) is 14.6. The maximum Gasteiger partial charge on any atom is 0.321 e. The first-order chi connectivity index (χ1) is 11.6. The van der Waals surface area contributed by atoms with E-state index in [1.54, 1.807) is 4.90 Å². The zero-order chi connectivity index (χ0) is 16.8. The summed E-state index contributed by atoms with van der Waals surface area (Å²) in [7, 11) is 0. The van der Waals surface area contributed by atoms with Crippen molar-refractivity contribution in [2.45, 2.75) is 18.2 Å². The lowest BCUT2D eigenvalue weighted by atomic mass is 9.82. The van der Waals surface area contributed by atoms with Gasteiger partial charge in [-0.05, 0) is 6.92 Å². The van der Waals surface area contributed by atoms with Crippen LogP contribution in [-0.4, -0.2) is 23.5 Å². The Morgan fingerprint density at radius 2 is 1.42 bits per heavy atom. The summed E-state index contributed by atoms with van der Waals surface area (Å²) in [5, 5.41) is 8.97. The highest BCUT2D eigenvalue weighted by molar-refractivity contribution is 5.89. The molecule has 2 saturated heterocycles. The molecule has 6 nitrogen and oxygen atoms in total. The van der Waals surface area contributed by atoms with Gasteiger partial charge in [-0.3, -0.25) is 4.90 Å². The van der Waals surface area contributed by atoms with Crippen LogP contribution >= 0.6 is 0 Å². The minimum atomic E-state index is -1.07. The van der Waals surface area contributed by atoms with Crippen LogP contribution < -0.4 is 16.0 Å². The van der Waals surface area contributed by atoms with Gasteiger partial charge in [-0.15, -0.1) is 0 Å². The third-order valence-corrected chi connectivity index (χ3v) is 4.80. The number of hydrogen-bond donors (Lipinski definition) is 3. The van der Waals surface area contributed by atoms with Gasteiger partial charge in [0.2, 0.25) is 0 Å². The van der Waals surface area contributed by atoms with Crippen LogP contribution in [0.1, 0.15) is 18.1 Å². The van der Waals surface area contributed by atoms with Crippen LogP contribution in [0.2, 0.25) is 0 Å². The largest absolute Gasteiger partial charge is 0.321 e. The third-order valence-electron chi connectivity index (χ3n) is 4.80. The molecule has 4 rings (SSSR count). The molecule has 0 bridgehead atoms. The predicted octanol–water partition coefficient (Wildman–Crippen LogP) is 2.05. The highest BCUT2D eigenvalue weighted by Gasteiger charge is 2.69. The molecule has 0 aliphatic carbocycles. The summed E-state index contributed by atoms with van der Waals surface area (Å²) in [6, 6.07) is 18.5. The van der Waals surface area contributed by atoms with Crippen LogP contribution in [0.3, 0.4) is 0 Å². The zero-order valence-corrected chi connectivity index (χ0v) is 13.2. The molecule has 122 valence electrons. The summed E-state index contributed by atoms with van der Waals surface area (Å²) in [5.74, 6) is 0. The minimum Gasteiger partial charge on any atom is -0.307 e. The van der Waals surface area contributed by atoms with Crippen molar-refractivity contribution in [2.24, 2.45) is 0 Å². The standard InChI is InChI=1S/C18H18N4O2/c1-2-22-16(24)21-17(13-9-5-3-6-10-13)18(22,20-15(23)19-17)14-11-7-4-8-12-14/h3-12H,2H2,1H3,(H,21,24)(H2,19,20,23). The highest BCUT2D eigenvalue weighted by atomic mass is 16.2. The lowest BCUT2D eigenvalue weighted by Crippen LogP contribution is -2.61. The van der Waals surface area contributed by atoms with Gasteiger partial charge in [0, 0.05) is 17.7 Å². The van der Waals surface area contributed by atoms with Crippen molar-refractivity contribution in [3.8, 4) is 0 Å². The Morgan fingerprint density at radius 3 is 2.00 bits per heavy atom. The van der Waals surface area contributed by atoms with Crippen molar-refractivity contribution >= 4 is 12.1 Å². The van der Waals surface area contributed by atoms with E-state index in [1.807, 2.05) is 67.6 Å². The average Bonchev–Trinajstić information content (AvgIpc) is 3.03. The van der Waals surface area contributed by atoms with Gasteiger partial charge in [0.15, 0.2) is 11.3 Å². The maximum absolute atomic E-state index is 12.7. The molecule has 0 saturated carbocycles. The van der Waals surface area contributed by atoms with Crippen molar-refractivity contribution in [3.05, 3.63) is 71.8 Å². The molecule has 2 aliphatic rings. The SMILES string of the molecule is CCN1C(=O)NC2(c3ccccc3)NC(=O)NC12c1ccccc1. The molecule has 4 amide bonds. The molecule has 2 heterocycles. The molecule has 2 atom stereocenters. The molecule has 3 N–H and O–H groups in total. The monoisotopic (exact) mass is 322 g/mol. The minimum absolute atomic E-state index is 0.224. The van der Waals surface area contributed by atoms with E-state index in [1.165, 1.54) is 0 Å². The van der Waals surface area contributed by atoms with E-state index >= 15 is 0 Å². The molecular weight excluding hydrogens is 304 g/mol. The molecule has 2 aromatic carbocycles. The molecular formula is C18H18N4O2.